The number of ether oxygens (including phenoxy) is 1. The van der Waals surface area contributed by atoms with Crippen LogP contribution in [0.25, 0.3) is 0 Å². The molecule has 0 saturated heterocycles. The lowest BCUT2D eigenvalue weighted by Gasteiger charge is -2.07. The van der Waals surface area contributed by atoms with Crippen LogP contribution in [-0.2, 0) is 5.75 Å². The molecule has 0 heterocycles. The summed E-state index contributed by atoms with van der Waals surface area (Å²) in [6.07, 6.45) is 0. The minimum Gasteiger partial charge on any atom is -0.493 e. The first kappa shape index (κ1) is 15.4. The van der Waals surface area contributed by atoms with Crippen molar-refractivity contribution in [2.75, 3.05) is 12.4 Å². The first-order valence-corrected chi connectivity index (χ1v) is 7.90. The average molecular weight is 302 g/mol. The number of carboxylic acids is 1. The maximum absolute atomic E-state index is 10.9. The van der Waals surface area contributed by atoms with Crippen LogP contribution in [0.3, 0.4) is 0 Å². The predicted octanol–water partition coefficient (Wildman–Crippen LogP) is 4.01. The molecule has 0 saturated carbocycles. The van der Waals surface area contributed by atoms with E-state index in [1.54, 1.807) is 30.0 Å². The van der Waals surface area contributed by atoms with Gasteiger partial charge in [0.1, 0.15) is 5.75 Å². The zero-order chi connectivity index (χ0) is 15.1. The highest BCUT2D eigenvalue weighted by atomic mass is 32.2. The number of hydrogen-bond acceptors (Lipinski definition) is 3. The van der Waals surface area contributed by atoms with Crippen LogP contribution in [0.5, 0.6) is 5.75 Å². The van der Waals surface area contributed by atoms with E-state index in [-0.39, 0.29) is 0 Å². The van der Waals surface area contributed by atoms with Crippen LogP contribution in [0, 0.1) is 6.92 Å². The summed E-state index contributed by atoms with van der Waals surface area (Å²) < 4.78 is 5.67. The standard InChI is InChI=1S/C17H18O3S/c1-13-4-2-7-16(10-13)20-8-9-21-12-14-5-3-6-15(11-14)17(18)19/h2-7,10-11H,8-9,12H2,1H3,(H,18,19). The summed E-state index contributed by atoms with van der Waals surface area (Å²) in [7, 11) is 0. The first-order chi connectivity index (χ1) is 10.1. The monoisotopic (exact) mass is 302 g/mol. The highest BCUT2D eigenvalue weighted by molar-refractivity contribution is 7.98. The van der Waals surface area contributed by atoms with Crippen LogP contribution in [0.4, 0.5) is 0 Å². The van der Waals surface area contributed by atoms with E-state index in [1.165, 1.54) is 5.56 Å². The summed E-state index contributed by atoms with van der Waals surface area (Å²) in [6.45, 7) is 2.68. The highest BCUT2D eigenvalue weighted by Crippen LogP contribution is 2.16. The number of carbonyl (C=O) groups is 1. The van der Waals surface area contributed by atoms with Gasteiger partial charge in [0.25, 0.3) is 0 Å². The Balaban J connectivity index is 1.72. The second-order valence-corrected chi connectivity index (χ2v) is 5.83. The van der Waals surface area contributed by atoms with Crippen molar-refractivity contribution >= 4 is 17.7 Å². The molecule has 0 radical (unpaired) electrons. The average Bonchev–Trinajstić information content (AvgIpc) is 2.47. The lowest BCUT2D eigenvalue weighted by Crippen LogP contribution is -2.01. The van der Waals surface area contributed by atoms with Crippen LogP contribution in [-0.4, -0.2) is 23.4 Å². The van der Waals surface area contributed by atoms with E-state index in [2.05, 4.69) is 0 Å². The SMILES string of the molecule is Cc1cccc(OCCSCc2cccc(C(=O)O)c2)c1. The van der Waals surface area contributed by atoms with Crippen molar-refractivity contribution in [2.45, 2.75) is 12.7 Å². The predicted molar refractivity (Wildman–Crippen MR) is 86.2 cm³/mol. The largest absolute Gasteiger partial charge is 0.493 e. The summed E-state index contributed by atoms with van der Waals surface area (Å²) >= 11 is 1.73. The van der Waals surface area contributed by atoms with E-state index in [9.17, 15) is 4.79 Å². The molecule has 0 fully saturated rings. The molecule has 0 aromatic heterocycles. The highest BCUT2D eigenvalue weighted by Gasteiger charge is 2.03. The first-order valence-electron chi connectivity index (χ1n) is 6.74. The van der Waals surface area contributed by atoms with Gasteiger partial charge in [-0.05, 0) is 42.3 Å². The fourth-order valence-corrected chi connectivity index (χ4v) is 2.67. The summed E-state index contributed by atoms with van der Waals surface area (Å²) in [5.41, 5.74) is 2.55. The van der Waals surface area contributed by atoms with Crippen LogP contribution in [0.2, 0.25) is 0 Å². The normalized spacial score (nSPS) is 10.3. The molecule has 110 valence electrons. The van der Waals surface area contributed by atoms with Gasteiger partial charge in [-0.3, -0.25) is 0 Å². The van der Waals surface area contributed by atoms with Gasteiger partial charge in [-0.2, -0.15) is 11.8 Å². The summed E-state index contributed by atoms with van der Waals surface area (Å²) in [4.78, 5) is 10.9. The quantitative estimate of drug-likeness (QED) is 0.785. The fraction of sp³-hybridized carbons (Fsp3) is 0.235. The van der Waals surface area contributed by atoms with Crippen molar-refractivity contribution < 1.29 is 14.6 Å². The minimum absolute atomic E-state index is 0.337. The van der Waals surface area contributed by atoms with E-state index < -0.39 is 5.97 Å². The Labute approximate surface area is 129 Å². The zero-order valence-electron chi connectivity index (χ0n) is 11.9. The third kappa shape index (κ3) is 5.16. The molecule has 0 spiro atoms. The van der Waals surface area contributed by atoms with Gasteiger partial charge in [0.05, 0.1) is 12.2 Å². The molecule has 21 heavy (non-hydrogen) atoms. The molecule has 1 N–H and O–H groups in total. The summed E-state index contributed by atoms with van der Waals surface area (Å²) in [6, 6.07) is 15.0. The van der Waals surface area contributed by atoms with Gasteiger partial charge >= 0.3 is 5.97 Å². The van der Waals surface area contributed by atoms with Crippen LogP contribution >= 0.6 is 11.8 Å². The van der Waals surface area contributed by atoms with Crippen LogP contribution in [0.15, 0.2) is 48.5 Å². The van der Waals surface area contributed by atoms with E-state index >= 15 is 0 Å². The molecule has 2 aromatic carbocycles. The zero-order valence-corrected chi connectivity index (χ0v) is 12.7. The Bertz CT molecular complexity index is 610. The van der Waals surface area contributed by atoms with Crippen molar-refractivity contribution in [3.63, 3.8) is 0 Å². The lowest BCUT2D eigenvalue weighted by molar-refractivity contribution is 0.0697. The number of aromatic carboxylic acids is 1. The van der Waals surface area contributed by atoms with Crippen molar-refractivity contribution in [1.29, 1.82) is 0 Å². The number of aryl methyl sites for hydroxylation is 1. The van der Waals surface area contributed by atoms with Gasteiger partial charge < -0.3 is 9.84 Å². The molecule has 0 aliphatic rings. The second kappa shape index (κ2) is 7.74. The molecule has 2 rings (SSSR count). The van der Waals surface area contributed by atoms with Crippen molar-refractivity contribution in [3.05, 3.63) is 65.2 Å². The van der Waals surface area contributed by atoms with Gasteiger partial charge in [0, 0.05) is 11.5 Å². The molecule has 2 aromatic rings. The third-order valence-electron chi connectivity index (χ3n) is 2.93. The lowest BCUT2D eigenvalue weighted by atomic mass is 10.1. The number of rotatable bonds is 7. The fourth-order valence-electron chi connectivity index (χ4n) is 1.91. The second-order valence-electron chi connectivity index (χ2n) is 4.72. The molecule has 4 heteroatoms. The van der Waals surface area contributed by atoms with Gasteiger partial charge in [0.2, 0.25) is 0 Å². The molecule has 3 nitrogen and oxygen atoms in total. The van der Waals surface area contributed by atoms with Gasteiger partial charge in [-0.1, -0.05) is 24.3 Å². The number of carboxylic acid groups (broad SMARTS) is 1. The molecule has 0 aliphatic carbocycles. The van der Waals surface area contributed by atoms with Gasteiger partial charge in [-0.15, -0.1) is 0 Å². The molecule has 0 bridgehead atoms. The summed E-state index contributed by atoms with van der Waals surface area (Å²) in [5.74, 6) is 1.66. The molecule has 0 aliphatic heterocycles. The molecule has 0 atom stereocenters. The molecule has 0 unspecified atom stereocenters. The number of benzene rings is 2. The summed E-state index contributed by atoms with van der Waals surface area (Å²) in [5, 5.41) is 8.94. The minimum atomic E-state index is -0.885. The Kier molecular flexibility index (Phi) is 5.69. The number of thioether (sulfide) groups is 1. The molecule has 0 amide bonds. The van der Waals surface area contributed by atoms with E-state index in [0.29, 0.717) is 12.2 Å². The van der Waals surface area contributed by atoms with Crippen LogP contribution in [0.1, 0.15) is 21.5 Å². The van der Waals surface area contributed by atoms with Crippen molar-refractivity contribution in [3.8, 4) is 5.75 Å². The van der Waals surface area contributed by atoms with E-state index in [1.807, 2.05) is 37.3 Å². The smallest absolute Gasteiger partial charge is 0.335 e. The van der Waals surface area contributed by atoms with Gasteiger partial charge in [0.15, 0.2) is 0 Å². The Morgan fingerprint density at radius 3 is 2.76 bits per heavy atom. The third-order valence-corrected chi connectivity index (χ3v) is 3.92. The molecular formula is C17H18O3S. The topological polar surface area (TPSA) is 46.5 Å². The van der Waals surface area contributed by atoms with E-state index in [4.69, 9.17) is 9.84 Å². The Morgan fingerprint density at radius 2 is 2.00 bits per heavy atom. The number of hydrogen-bond donors (Lipinski definition) is 1. The van der Waals surface area contributed by atoms with Crippen molar-refractivity contribution in [2.24, 2.45) is 0 Å². The Hall–Kier alpha value is -1.94. The maximum atomic E-state index is 10.9. The molecular weight excluding hydrogens is 284 g/mol. The Morgan fingerprint density at radius 1 is 1.19 bits per heavy atom. The van der Waals surface area contributed by atoms with Crippen LogP contribution < -0.4 is 4.74 Å². The van der Waals surface area contributed by atoms with E-state index in [0.717, 1.165) is 22.8 Å². The van der Waals surface area contributed by atoms with Gasteiger partial charge in [-0.25, -0.2) is 4.79 Å². The maximum Gasteiger partial charge on any atom is 0.335 e. The van der Waals surface area contributed by atoms with Crippen molar-refractivity contribution in [1.82, 2.24) is 0 Å².